The Morgan fingerprint density at radius 3 is 2.40 bits per heavy atom. The number of nitrogens with one attached hydrogen (secondary N) is 2. The molecule has 1 rings (SSSR count). The average molecular weight is 281 g/mol. The summed E-state index contributed by atoms with van der Waals surface area (Å²) in [6.45, 7) is 0.181. The van der Waals surface area contributed by atoms with Gasteiger partial charge in [-0.15, -0.1) is 0 Å². The molecule has 0 aliphatic rings. The van der Waals surface area contributed by atoms with Crippen molar-refractivity contribution in [3.63, 3.8) is 0 Å². The molecule has 0 radical (unpaired) electrons. The number of rotatable bonds is 7. The number of carbonyl (C=O) groups excluding carboxylic acids is 2. The lowest BCUT2D eigenvalue weighted by Gasteiger charge is -2.07. The van der Waals surface area contributed by atoms with Gasteiger partial charge in [0.25, 0.3) is 0 Å². The van der Waals surface area contributed by atoms with E-state index >= 15 is 0 Å². The van der Waals surface area contributed by atoms with E-state index in [4.69, 9.17) is 15.6 Å². The Hall–Kier alpha value is -2.61. The number of carboxylic acid groups (broad SMARTS) is 1. The second kappa shape index (κ2) is 7.74. The largest absolute Gasteiger partial charge is 0.478 e. The van der Waals surface area contributed by atoms with E-state index < -0.39 is 17.9 Å². The second-order valence-electron chi connectivity index (χ2n) is 3.78. The first-order chi connectivity index (χ1) is 9.49. The van der Waals surface area contributed by atoms with E-state index in [2.05, 4.69) is 10.6 Å². The first kappa shape index (κ1) is 15.4. The highest BCUT2D eigenvalue weighted by atomic mass is 16.5. The zero-order valence-corrected chi connectivity index (χ0v) is 10.6. The zero-order chi connectivity index (χ0) is 15.0. The summed E-state index contributed by atoms with van der Waals surface area (Å²) in [7, 11) is 0. The number of urea groups is 1. The minimum Gasteiger partial charge on any atom is -0.478 e. The molecule has 0 aromatic heterocycles. The van der Waals surface area contributed by atoms with Crippen molar-refractivity contribution in [1.82, 2.24) is 5.32 Å². The van der Waals surface area contributed by atoms with Gasteiger partial charge in [-0.3, -0.25) is 4.79 Å². The van der Waals surface area contributed by atoms with Gasteiger partial charge in [-0.1, -0.05) is 0 Å². The van der Waals surface area contributed by atoms with Crippen molar-refractivity contribution in [1.29, 1.82) is 0 Å². The number of primary amides is 1. The number of carboxylic acids is 1. The van der Waals surface area contributed by atoms with Crippen LogP contribution in [0.25, 0.3) is 0 Å². The van der Waals surface area contributed by atoms with Gasteiger partial charge in [0, 0.05) is 12.2 Å². The van der Waals surface area contributed by atoms with Gasteiger partial charge >= 0.3 is 12.0 Å². The Morgan fingerprint density at radius 2 is 1.85 bits per heavy atom. The molecule has 0 saturated carbocycles. The van der Waals surface area contributed by atoms with Crippen molar-refractivity contribution < 1.29 is 24.2 Å². The number of nitrogens with two attached hydrogens (primary N) is 1. The minimum atomic E-state index is -1.03. The molecular weight excluding hydrogens is 266 g/mol. The summed E-state index contributed by atoms with van der Waals surface area (Å²) >= 11 is 0. The third-order valence-electron chi connectivity index (χ3n) is 2.17. The molecule has 0 saturated heterocycles. The molecule has 0 heterocycles. The fourth-order valence-electron chi connectivity index (χ4n) is 1.28. The Kier molecular flexibility index (Phi) is 5.98. The van der Waals surface area contributed by atoms with Gasteiger partial charge in [0.1, 0.15) is 6.61 Å². The molecule has 0 atom stereocenters. The van der Waals surface area contributed by atoms with Crippen LogP contribution in [0, 0.1) is 0 Å². The number of amides is 3. The molecular formula is C12H15N3O5. The van der Waals surface area contributed by atoms with E-state index in [1.165, 1.54) is 24.3 Å². The van der Waals surface area contributed by atoms with E-state index in [1.807, 2.05) is 0 Å². The molecule has 3 amide bonds. The number of ether oxygens (including phenoxy) is 1. The Bertz CT molecular complexity index is 486. The highest BCUT2D eigenvalue weighted by molar-refractivity contribution is 5.91. The van der Waals surface area contributed by atoms with Crippen molar-refractivity contribution in [3.05, 3.63) is 29.8 Å². The molecule has 0 fully saturated rings. The van der Waals surface area contributed by atoms with E-state index in [0.717, 1.165) is 0 Å². The highest BCUT2D eigenvalue weighted by Gasteiger charge is 2.04. The summed E-state index contributed by atoms with van der Waals surface area (Å²) in [5.41, 5.74) is 5.46. The summed E-state index contributed by atoms with van der Waals surface area (Å²) in [5, 5.41) is 13.7. The molecule has 20 heavy (non-hydrogen) atoms. The van der Waals surface area contributed by atoms with Gasteiger partial charge < -0.3 is 26.2 Å². The molecule has 0 unspecified atom stereocenters. The second-order valence-corrected chi connectivity index (χ2v) is 3.78. The van der Waals surface area contributed by atoms with Gasteiger partial charge in [-0.05, 0) is 24.3 Å². The number of hydrogen-bond acceptors (Lipinski definition) is 4. The van der Waals surface area contributed by atoms with Crippen molar-refractivity contribution in [2.75, 3.05) is 25.1 Å². The summed E-state index contributed by atoms with van der Waals surface area (Å²) in [6.07, 6.45) is 0. The maximum Gasteiger partial charge on any atom is 0.335 e. The van der Waals surface area contributed by atoms with Gasteiger partial charge in [0.2, 0.25) is 5.91 Å². The smallest absolute Gasteiger partial charge is 0.335 e. The summed E-state index contributed by atoms with van der Waals surface area (Å²) in [6, 6.07) is 5.26. The molecule has 5 N–H and O–H groups in total. The number of hydrogen-bond donors (Lipinski definition) is 4. The van der Waals surface area contributed by atoms with Crippen molar-refractivity contribution in [2.45, 2.75) is 0 Å². The predicted molar refractivity (Wildman–Crippen MR) is 70.4 cm³/mol. The third-order valence-corrected chi connectivity index (χ3v) is 2.17. The van der Waals surface area contributed by atoms with Crippen LogP contribution in [0.1, 0.15) is 10.4 Å². The van der Waals surface area contributed by atoms with Crippen LogP contribution in [-0.2, 0) is 9.53 Å². The van der Waals surface area contributed by atoms with Crippen LogP contribution in [0.4, 0.5) is 10.5 Å². The summed E-state index contributed by atoms with van der Waals surface area (Å²) in [4.78, 5) is 32.4. The van der Waals surface area contributed by atoms with Gasteiger partial charge in [0.05, 0.1) is 12.2 Å². The van der Waals surface area contributed by atoms with Crippen LogP contribution >= 0.6 is 0 Å². The van der Waals surface area contributed by atoms with Crippen molar-refractivity contribution in [2.24, 2.45) is 5.73 Å². The van der Waals surface area contributed by atoms with Crippen LogP contribution in [0.15, 0.2) is 24.3 Å². The summed E-state index contributed by atoms with van der Waals surface area (Å²) < 4.78 is 4.86. The lowest BCUT2D eigenvalue weighted by Crippen LogP contribution is -2.32. The molecule has 0 aliphatic heterocycles. The maximum atomic E-state index is 11.4. The number of carbonyl (C=O) groups is 3. The maximum absolute atomic E-state index is 11.4. The third kappa shape index (κ3) is 5.83. The average Bonchev–Trinajstić information content (AvgIpc) is 2.38. The monoisotopic (exact) mass is 281 g/mol. The minimum absolute atomic E-state index is 0.135. The van der Waals surface area contributed by atoms with Crippen LogP contribution in [0.2, 0.25) is 0 Å². The van der Waals surface area contributed by atoms with Crippen molar-refractivity contribution in [3.8, 4) is 0 Å². The molecule has 0 spiro atoms. The van der Waals surface area contributed by atoms with Crippen LogP contribution < -0.4 is 16.4 Å². The fourth-order valence-corrected chi connectivity index (χ4v) is 1.28. The predicted octanol–water partition coefficient (Wildman–Crippen LogP) is 0.00820. The van der Waals surface area contributed by atoms with Gasteiger partial charge in [-0.25, -0.2) is 9.59 Å². The van der Waals surface area contributed by atoms with E-state index in [0.29, 0.717) is 5.69 Å². The first-order valence-electron chi connectivity index (χ1n) is 5.73. The normalized spacial score (nSPS) is 9.80. The van der Waals surface area contributed by atoms with E-state index in [-0.39, 0.29) is 25.3 Å². The molecule has 0 aliphatic carbocycles. The SMILES string of the molecule is NC(=O)COCCNC(=O)Nc1ccc(C(=O)O)cc1. The number of benzene rings is 1. The lowest BCUT2D eigenvalue weighted by atomic mass is 10.2. The number of aromatic carboxylic acids is 1. The quantitative estimate of drug-likeness (QED) is 0.523. The standard InChI is InChI=1S/C12H15N3O5/c13-10(16)7-20-6-5-14-12(19)15-9-3-1-8(2-4-9)11(17)18/h1-4H,5-7H2,(H2,13,16)(H,17,18)(H2,14,15,19). The Balaban J connectivity index is 2.28. The topological polar surface area (TPSA) is 131 Å². The zero-order valence-electron chi connectivity index (χ0n) is 10.6. The Morgan fingerprint density at radius 1 is 1.20 bits per heavy atom. The molecule has 8 nitrogen and oxygen atoms in total. The molecule has 0 bridgehead atoms. The van der Waals surface area contributed by atoms with E-state index in [1.54, 1.807) is 0 Å². The molecule has 8 heteroatoms. The van der Waals surface area contributed by atoms with Crippen molar-refractivity contribution >= 4 is 23.6 Å². The molecule has 1 aromatic rings. The Labute approximate surface area is 114 Å². The van der Waals surface area contributed by atoms with E-state index in [9.17, 15) is 14.4 Å². The van der Waals surface area contributed by atoms with Crippen LogP contribution in [0.3, 0.4) is 0 Å². The number of anilines is 1. The summed E-state index contributed by atoms with van der Waals surface area (Å²) in [5.74, 6) is -1.61. The van der Waals surface area contributed by atoms with Gasteiger partial charge in [0.15, 0.2) is 0 Å². The first-order valence-corrected chi connectivity index (χ1v) is 5.73. The van der Waals surface area contributed by atoms with Gasteiger partial charge in [-0.2, -0.15) is 0 Å². The van der Waals surface area contributed by atoms with Crippen LogP contribution in [0.5, 0.6) is 0 Å². The molecule has 108 valence electrons. The lowest BCUT2D eigenvalue weighted by molar-refractivity contribution is -0.122. The highest BCUT2D eigenvalue weighted by Crippen LogP contribution is 2.09. The fraction of sp³-hybridized carbons (Fsp3) is 0.250. The molecule has 1 aromatic carbocycles. The van der Waals surface area contributed by atoms with Crippen LogP contribution in [-0.4, -0.2) is 42.8 Å².